The molecule has 0 aliphatic heterocycles. The lowest BCUT2D eigenvalue weighted by Gasteiger charge is -1.99. The number of hydrogen-bond acceptors (Lipinski definition) is 2. The van der Waals surface area contributed by atoms with Crippen LogP contribution in [0.5, 0.6) is 0 Å². The fourth-order valence-electron chi connectivity index (χ4n) is 1.35. The molecule has 100 valence electrons. The number of alkyl halides is 2. The van der Waals surface area contributed by atoms with Gasteiger partial charge in [-0.2, -0.15) is 0 Å². The Morgan fingerprint density at radius 1 is 0.895 bits per heavy atom. The van der Waals surface area contributed by atoms with Gasteiger partial charge in [0.25, 0.3) is 0 Å². The molecule has 2 aromatic carbocycles. The molecule has 0 spiro atoms. The first kappa shape index (κ1) is 15.7. The molecule has 2 nitrogen and oxygen atoms in total. The molecule has 0 aliphatic carbocycles. The molecule has 4 heteroatoms. The molecule has 0 amide bonds. The van der Waals surface area contributed by atoms with E-state index in [0.717, 1.165) is 11.1 Å². The fraction of sp³-hybridized carbons (Fsp3) is 0.133. The molecule has 0 radical (unpaired) electrons. The predicted octanol–water partition coefficient (Wildman–Crippen LogP) is 4.05. The third-order valence-electron chi connectivity index (χ3n) is 2.07. The lowest BCUT2D eigenvalue weighted by atomic mass is 10.0. The fourth-order valence-corrected chi connectivity index (χ4v) is 1.35. The zero-order valence-electron chi connectivity index (χ0n) is 10.4. The quantitative estimate of drug-likeness (QED) is 0.670. The Labute approximate surface area is 122 Å². The SMILES string of the molecule is CC(O)(Cl)Cl.O=C(c1ccccc1)c1ccccc1. The third kappa shape index (κ3) is 6.97. The van der Waals surface area contributed by atoms with Crippen LogP contribution in [-0.4, -0.2) is 15.4 Å². The van der Waals surface area contributed by atoms with Crippen LogP contribution in [0.2, 0.25) is 0 Å². The Bertz CT molecular complexity index is 457. The van der Waals surface area contributed by atoms with E-state index < -0.39 is 4.52 Å². The van der Waals surface area contributed by atoms with Gasteiger partial charge in [-0.1, -0.05) is 83.9 Å². The smallest absolute Gasteiger partial charge is 0.212 e. The summed E-state index contributed by atoms with van der Waals surface area (Å²) in [5, 5.41) is 8.05. The summed E-state index contributed by atoms with van der Waals surface area (Å²) < 4.78 is -1.56. The number of carbonyl (C=O) groups excluding carboxylic acids is 1. The van der Waals surface area contributed by atoms with E-state index in [1.54, 1.807) is 0 Å². The first-order valence-corrected chi connectivity index (χ1v) is 6.38. The molecule has 0 heterocycles. The summed E-state index contributed by atoms with van der Waals surface area (Å²) >= 11 is 9.70. The van der Waals surface area contributed by atoms with Crippen molar-refractivity contribution in [2.24, 2.45) is 0 Å². The lowest BCUT2D eigenvalue weighted by molar-refractivity contribution is 0.103. The van der Waals surface area contributed by atoms with Gasteiger partial charge in [0, 0.05) is 11.1 Å². The van der Waals surface area contributed by atoms with Gasteiger partial charge in [0.15, 0.2) is 5.78 Å². The Kier molecular flexibility index (Phi) is 6.03. The topological polar surface area (TPSA) is 37.3 Å². The summed E-state index contributed by atoms with van der Waals surface area (Å²) in [6.07, 6.45) is 0. The monoisotopic (exact) mass is 296 g/mol. The molecule has 0 unspecified atom stereocenters. The molecule has 0 saturated carbocycles. The number of carbonyl (C=O) groups is 1. The minimum Gasteiger partial charge on any atom is -0.363 e. The number of rotatable bonds is 2. The molecular formula is C15H14Cl2O2. The largest absolute Gasteiger partial charge is 0.363 e. The van der Waals surface area contributed by atoms with Crippen LogP contribution in [0.1, 0.15) is 22.8 Å². The van der Waals surface area contributed by atoms with E-state index in [0.29, 0.717) is 0 Å². The van der Waals surface area contributed by atoms with Gasteiger partial charge in [0.05, 0.1) is 0 Å². The standard InChI is InChI=1S/C13H10O.C2H4Cl2O/c14-13(11-7-3-1-4-8-11)12-9-5-2-6-10-12;1-2(3,4)5/h1-10H;5H,1H3. The van der Waals surface area contributed by atoms with Gasteiger partial charge in [0.1, 0.15) is 0 Å². The van der Waals surface area contributed by atoms with Crippen LogP contribution in [0, 0.1) is 0 Å². The van der Waals surface area contributed by atoms with Crippen molar-refractivity contribution in [3.8, 4) is 0 Å². The molecule has 0 bridgehead atoms. The van der Waals surface area contributed by atoms with Gasteiger partial charge in [-0.05, 0) is 6.92 Å². The van der Waals surface area contributed by atoms with Crippen LogP contribution >= 0.6 is 23.2 Å². The number of halogens is 2. The maximum Gasteiger partial charge on any atom is 0.212 e. The Morgan fingerprint density at radius 3 is 1.42 bits per heavy atom. The first-order chi connectivity index (χ1) is 8.88. The van der Waals surface area contributed by atoms with E-state index in [9.17, 15) is 4.79 Å². The molecule has 0 atom stereocenters. The Balaban J connectivity index is 0.000000312. The van der Waals surface area contributed by atoms with Crippen LogP contribution < -0.4 is 0 Å². The first-order valence-electron chi connectivity index (χ1n) is 5.63. The van der Waals surface area contributed by atoms with E-state index in [2.05, 4.69) is 0 Å². The highest BCUT2D eigenvalue weighted by atomic mass is 35.5. The maximum absolute atomic E-state index is 11.8. The van der Waals surface area contributed by atoms with Crippen molar-refractivity contribution in [2.75, 3.05) is 0 Å². The van der Waals surface area contributed by atoms with Gasteiger partial charge >= 0.3 is 0 Å². The van der Waals surface area contributed by atoms with Crippen molar-refractivity contribution in [3.05, 3.63) is 71.8 Å². The zero-order chi connectivity index (χ0) is 14.3. The van der Waals surface area contributed by atoms with Crippen LogP contribution in [0.15, 0.2) is 60.7 Å². The average molecular weight is 297 g/mol. The highest BCUT2D eigenvalue weighted by Gasteiger charge is 2.06. The van der Waals surface area contributed by atoms with Gasteiger partial charge in [-0.15, -0.1) is 0 Å². The highest BCUT2D eigenvalue weighted by molar-refractivity contribution is 6.46. The maximum atomic E-state index is 11.8. The van der Waals surface area contributed by atoms with Crippen LogP contribution in [-0.2, 0) is 0 Å². The molecule has 19 heavy (non-hydrogen) atoms. The lowest BCUT2D eigenvalue weighted by Crippen LogP contribution is -2.00. The summed E-state index contributed by atoms with van der Waals surface area (Å²) in [6, 6.07) is 18.6. The Morgan fingerprint density at radius 2 is 1.16 bits per heavy atom. The zero-order valence-corrected chi connectivity index (χ0v) is 11.9. The molecule has 0 saturated heterocycles. The van der Waals surface area contributed by atoms with Gasteiger partial charge in [0.2, 0.25) is 4.52 Å². The van der Waals surface area contributed by atoms with Gasteiger partial charge in [-0.25, -0.2) is 0 Å². The van der Waals surface area contributed by atoms with Crippen molar-refractivity contribution in [1.82, 2.24) is 0 Å². The molecule has 2 rings (SSSR count). The minimum absolute atomic E-state index is 0.0752. The van der Waals surface area contributed by atoms with Crippen molar-refractivity contribution < 1.29 is 9.90 Å². The number of ketones is 1. The summed E-state index contributed by atoms with van der Waals surface area (Å²) in [5.74, 6) is 0.0752. The summed E-state index contributed by atoms with van der Waals surface area (Å²) in [5.41, 5.74) is 1.47. The summed E-state index contributed by atoms with van der Waals surface area (Å²) in [4.78, 5) is 11.8. The third-order valence-corrected chi connectivity index (χ3v) is 2.07. The molecule has 0 fully saturated rings. The van der Waals surface area contributed by atoms with Crippen molar-refractivity contribution >= 4 is 29.0 Å². The van der Waals surface area contributed by atoms with Crippen LogP contribution in [0.3, 0.4) is 0 Å². The highest BCUT2D eigenvalue weighted by Crippen LogP contribution is 2.12. The van der Waals surface area contributed by atoms with E-state index in [-0.39, 0.29) is 5.78 Å². The number of aliphatic hydroxyl groups is 1. The number of hydrogen-bond donors (Lipinski definition) is 1. The van der Waals surface area contributed by atoms with Gasteiger partial charge in [-0.3, -0.25) is 4.79 Å². The van der Waals surface area contributed by atoms with E-state index >= 15 is 0 Å². The van der Waals surface area contributed by atoms with E-state index in [4.69, 9.17) is 28.3 Å². The molecule has 0 aromatic heterocycles. The second kappa shape index (κ2) is 7.29. The van der Waals surface area contributed by atoms with Crippen molar-refractivity contribution in [2.45, 2.75) is 11.4 Å². The Hall–Kier alpha value is -1.35. The number of benzene rings is 2. The second-order valence-electron chi connectivity index (χ2n) is 3.90. The van der Waals surface area contributed by atoms with Gasteiger partial charge < -0.3 is 5.11 Å². The molecular weight excluding hydrogens is 283 g/mol. The predicted molar refractivity (Wildman–Crippen MR) is 78.6 cm³/mol. The van der Waals surface area contributed by atoms with Crippen LogP contribution in [0.25, 0.3) is 0 Å². The minimum atomic E-state index is -1.56. The molecule has 1 N–H and O–H groups in total. The average Bonchev–Trinajstić information content (AvgIpc) is 2.38. The van der Waals surface area contributed by atoms with E-state index in [1.165, 1.54) is 6.92 Å². The summed E-state index contributed by atoms with van der Waals surface area (Å²) in [7, 11) is 0. The van der Waals surface area contributed by atoms with E-state index in [1.807, 2.05) is 60.7 Å². The normalized spacial score (nSPS) is 10.3. The van der Waals surface area contributed by atoms with Crippen LogP contribution in [0.4, 0.5) is 0 Å². The summed E-state index contributed by atoms with van der Waals surface area (Å²) in [6.45, 7) is 1.27. The van der Waals surface area contributed by atoms with Crippen molar-refractivity contribution in [3.63, 3.8) is 0 Å². The molecule has 2 aromatic rings. The molecule has 0 aliphatic rings. The second-order valence-corrected chi connectivity index (χ2v) is 5.57. The van der Waals surface area contributed by atoms with Crippen molar-refractivity contribution in [1.29, 1.82) is 0 Å².